The fourth-order valence-electron chi connectivity index (χ4n) is 3.98. The quantitative estimate of drug-likeness (QED) is 0.810. The molecule has 3 rings (SSSR count). The van der Waals surface area contributed by atoms with Crippen molar-refractivity contribution in [3.8, 4) is 0 Å². The first-order valence-corrected chi connectivity index (χ1v) is 9.39. The molecule has 25 heavy (non-hydrogen) atoms. The Morgan fingerprint density at radius 1 is 1.28 bits per heavy atom. The molecular weight excluding hydrogens is 338 g/mol. The Morgan fingerprint density at radius 2 is 1.96 bits per heavy atom. The van der Waals surface area contributed by atoms with Gasteiger partial charge in [-0.05, 0) is 36.1 Å². The Kier molecular flexibility index (Phi) is 6.00. The number of methoxy groups -OCH3 is 1. The molecule has 5 nitrogen and oxygen atoms in total. The van der Waals surface area contributed by atoms with E-state index in [1.165, 1.54) is 13.5 Å². The molecule has 2 aliphatic rings. The third-order valence-corrected chi connectivity index (χ3v) is 5.70. The minimum atomic E-state index is -0.354. The van der Waals surface area contributed by atoms with Crippen molar-refractivity contribution in [2.24, 2.45) is 5.41 Å². The Morgan fingerprint density at radius 3 is 2.52 bits per heavy atom. The monoisotopic (exact) mass is 365 g/mol. The van der Waals surface area contributed by atoms with E-state index in [2.05, 4.69) is 22.0 Å². The number of esters is 1. The van der Waals surface area contributed by atoms with Crippen LogP contribution in [0.25, 0.3) is 0 Å². The van der Waals surface area contributed by atoms with E-state index in [1.807, 2.05) is 24.3 Å². The number of carbonyl (C=O) groups is 1. The number of halogens is 1. The van der Waals surface area contributed by atoms with Crippen molar-refractivity contribution in [2.45, 2.75) is 19.4 Å². The van der Waals surface area contributed by atoms with E-state index >= 15 is 0 Å². The lowest BCUT2D eigenvalue weighted by atomic mass is 9.89. The molecule has 0 aromatic heterocycles. The molecule has 2 atom stereocenters. The Labute approximate surface area is 155 Å². The van der Waals surface area contributed by atoms with Gasteiger partial charge >= 0.3 is 5.97 Å². The largest absolute Gasteiger partial charge is 0.468 e. The molecule has 0 saturated carbocycles. The van der Waals surface area contributed by atoms with E-state index in [0.29, 0.717) is 10.4 Å². The van der Waals surface area contributed by atoms with Crippen molar-refractivity contribution in [3.05, 3.63) is 34.9 Å². The molecule has 0 aliphatic carbocycles. The van der Waals surface area contributed by atoms with Crippen LogP contribution in [-0.4, -0.2) is 68.7 Å². The second-order valence-corrected chi connectivity index (χ2v) is 7.96. The number of benzene rings is 1. The zero-order chi connectivity index (χ0) is 17.9. The zero-order valence-electron chi connectivity index (χ0n) is 15.1. The van der Waals surface area contributed by atoms with Gasteiger partial charge in [0.05, 0.1) is 7.11 Å². The van der Waals surface area contributed by atoms with E-state index in [9.17, 15) is 4.79 Å². The lowest BCUT2D eigenvalue weighted by Crippen LogP contribution is -2.51. The Balaban J connectivity index is 1.63. The van der Waals surface area contributed by atoms with Crippen molar-refractivity contribution in [2.75, 3.05) is 52.9 Å². The number of hydrogen-bond donors (Lipinski definition) is 1. The average molecular weight is 366 g/mol. The number of rotatable bonds is 5. The van der Waals surface area contributed by atoms with Crippen LogP contribution in [0.15, 0.2) is 24.3 Å². The molecule has 6 heteroatoms. The predicted molar refractivity (Wildman–Crippen MR) is 99.8 cm³/mol. The van der Waals surface area contributed by atoms with Crippen LogP contribution in [0.2, 0.25) is 5.02 Å². The van der Waals surface area contributed by atoms with Crippen molar-refractivity contribution in [1.82, 2.24) is 15.1 Å². The van der Waals surface area contributed by atoms with Gasteiger partial charge in [-0.15, -0.1) is 0 Å². The maximum absolute atomic E-state index is 12.4. The van der Waals surface area contributed by atoms with Gasteiger partial charge in [0.25, 0.3) is 0 Å². The van der Waals surface area contributed by atoms with Gasteiger partial charge < -0.3 is 15.0 Å². The topological polar surface area (TPSA) is 44.8 Å². The van der Waals surface area contributed by atoms with Crippen LogP contribution in [0.4, 0.5) is 0 Å². The van der Waals surface area contributed by atoms with E-state index in [-0.39, 0.29) is 12.0 Å². The van der Waals surface area contributed by atoms with Crippen molar-refractivity contribution >= 4 is 17.6 Å². The molecule has 2 unspecified atom stereocenters. The maximum atomic E-state index is 12.4. The van der Waals surface area contributed by atoms with Crippen LogP contribution >= 0.6 is 11.6 Å². The standard InChI is InChI=1S/C19H28ClN3O2/c1-19(7-8-21-13-19)14-22-9-11-23(12-10-22)17(18(24)25-2)15-3-5-16(20)6-4-15/h3-6,17,21H,7-14H2,1-2H3. The van der Waals surface area contributed by atoms with Gasteiger partial charge in [-0.2, -0.15) is 0 Å². The summed E-state index contributed by atoms with van der Waals surface area (Å²) in [6.07, 6.45) is 1.24. The van der Waals surface area contributed by atoms with Crippen molar-refractivity contribution in [1.29, 1.82) is 0 Å². The zero-order valence-corrected chi connectivity index (χ0v) is 15.9. The predicted octanol–water partition coefficient (Wildman–Crippen LogP) is 2.17. The van der Waals surface area contributed by atoms with Gasteiger partial charge in [-0.25, -0.2) is 4.79 Å². The summed E-state index contributed by atoms with van der Waals surface area (Å²) in [5.41, 5.74) is 1.32. The van der Waals surface area contributed by atoms with Gasteiger partial charge in [-0.3, -0.25) is 4.90 Å². The van der Waals surface area contributed by atoms with Gasteiger partial charge in [-0.1, -0.05) is 30.7 Å². The summed E-state index contributed by atoms with van der Waals surface area (Å²) in [6.45, 7) is 9.41. The molecule has 1 aromatic carbocycles. The number of carbonyl (C=O) groups excluding carboxylic acids is 1. The highest BCUT2D eigenvalue weighted by molar-refractivity contribution is 6.30. The summed E-state index contributed by atoms with van der Waals surface area (Å²) >= 11 is 5.99. The van der Waals surface area contributed by atoms with Crippen LogP contribution in [0, 0.1) is 5.41 Å². The van der Waals surface area contributed by atoms with Crippen LogP contribution in [-0.2, 0) is 9.53 Å². The molecule has 2 aliphatic heterocycles. The first kappa shape index (κ1) is 18.6. The van der Waals surface area contributed by atoms with Crippen molar-refractivity contribution in [3.63, 3.8) is 0 Å². The summed E-state index contributed by atoms with van der Waals surface area (Å²) in [7, 11) is 1.45. The summed E-state index contributed by atoms with van der Waals surface area (Å²) < 4.78 is 5.07. The summed E-state index contributed by atoms with van der Waals surface area (Å²) in [5.74, 6) is -0.206. The molecule has 2 heterocycles. The third-order valence-electron chi connectivity index (χ3n) is 5.44. The fraction of sp³-hybridized carbons (Fsp3) is 0.632. The van der Waals surface area contributed by atoms with Crippen LogP contribution in [0.1, 0.15) is 24.9 Å². The van der Waals surface area contributed by atoms with E-state index < -0.39 is 0 Å². The van der Waals surface area contributed by atoms with Crippen molar-refractivity contribution < 1.29 is 9.53 Å². The number of nitrogens with one attached hydrogen (secondary N) is 1. The van der Waals surface area contributed by atoms with E-state index in [1.54, 1.807) is 0 Å². The number of ether oxygens (including phenoxy) is 1. The first-order valence-electron chi connectivity index (χ1n) is 9.01. The third kappa shape index (κ3) is 4.53. The summed E-state index contributed by atoms with van der Waals surface area (Å²) in [4.78, 5) is 17.1. The second-order valence-electron chi connectivity index (χ2n) is 7.53. The van der Waals surface area contributed by atoms with Gasteiger partial charge in [0.2, 0.25) is 0 Å². The van der Waals surface area contributed by atoms with Gasteiger partial charge in [0, 0.05) is 44.3 Å². The average Bonchev–Trinajstić information content (AvgIpc) is 3.04. The summed E-state index contributed by atoms with van der Waals surface area (Å²) in [6, 6.07) is 7.14. The molecule has 2 fully saturated rings. The fourth-order valence-corrected chi connectivity index (χ4v) is 4.10. The molecule has 1 N–H and O–H groups in total. The minimum absolute atomic E-state index is 0.206. The molecular formula is C19H28ClN3O2. The van der Waals surface area contributed by atoms with Crippen LogP contribution in [0.5, 0.6) is 0 Å². The maximum Gasteiger partial charge on any atom is 0.327 e. The molecule has 0 bridgehead atoms. The molecule has 1 aromatic rings. The lowest BCUT2D eigenvalue weighted by Gasteiger charge is -2.41. The molecule has 0 spiro atoms. The van der Waals surface area contributed by atoms with E-state index in [0.717, 1.165) is 51.4 Å². The second kappa shape index (κ2) is 8.04. The van der Waals surface area contributed by atoms with Crippen LogP contribution < -0.4 is 5.32 Å². The number of nitrogens with zero attached hydrogens (tertiary/aromatic N) is 2. The lowest BCUT2D eigenvalue weighted by molar-refractivity contribution is -0.148. The molecule has 0 amide bonds. The molecule has 138 valence electrons. The highest BCUT2D eigenvalue weighted by atomic mass is 35.5. The highest BCUT2D eigenvalue weighted by Crippen LogP contribution is 2.28. The number of piperazine rings is 1. The van der Waals surface area contributed by atoms with Crippen LogP contribution in [0.3, 0.4) is 0 Å². The Hall–Kier alpha value is -1.14. The first-order chi connectivity index (χ1) is 12.0. The summed E-state index contributed by atoms with van der Waals surface area (Å²) in [5, 5.41) is 4.15. The highest BCUT2D eigenvalue weighted by Gasteiger charge is 2.35. The normalized spacial score (nSPS) is 26.5. The Bertz CT molecular complexity index is 579. The smallest absolute Gasteiger partial charge is 0.327 e. The molecule has 0 radical (unpaired) electrons. The molecule has 2 saturated heterocycles. The SMILES string of the molecule is COC(=O)C(c1ccc(Cl)cc1)N1CCN(CC2(C)CCNC2)CC1. The minimum Gasteiger partial charge on any atom is -0.468 e. The number of hydrogen-bond acceptors (Lipinski definition) is 5. The van der Waals surface area contributed by atoms with E-state index in [4.69, 9.17) is 16.3 Å². The van der Waals surface area contributed by atoms with Gasteiger partial charge in [0.1, 0.15) is 6.04 Å². The van der Waals surface area contributed by atoms with Gasteiger partial charge in [0.15, 0.2) is 0 Å².